The smallest absolute Gasteiger partial charge is 0.0256 e. The van der Waals surface area contributed by atoms with Crippen molar-refractivity contribution in [2.75, 3.05) is 0 Å². The van der Waals surface area contributed by atoms with Gasteiger partial charge in [-0.2, -0.15) is 0 Å². The van der Waals surface area contributed by atoms with Gasteiger partial charge in [0.15, 0.2) is 0 Å². The molecule has 0 aromatic heterocycles. The Balaban J connectivity index is 0.000000240. The summed E-state index contributed by atoms with van der Waals surface area (Å²) in [6.45, 7) is 12.6. The average molecular weight is 714 g/mol. The third-order valence-corrected chi connectivity index (χ3v) is 11.1. The van der Waals surface area contributed by atoms with E-state index in [9.17, 15) is 0 Å². The van der Waals surface area contributed by atoms with Gasteiger partial charge in [-0.05, 0) is 74.9 Å². The van der Waals surface area contributed by atoms with Crippen LogP contribution in [0.25, 0.3) is 0 Å². The van der Waals surface area contributed by atoms with Gasteiger partial charge in [-0.25, -0.2) is 0 Å². The first-order valence-electron chi connectivity index (χ1n) is 7.13. The van der Waals surface area contributed by atoms with Crippen molar-refractivity contribution in [2.24, 2.45) is 0 Å². The molecule has 0 atom stereocenters. The lowest BCUT2D eigenvalue weighted by Crippen LogP contribution is -1.90. The van der Waals surface area contributed by atoms with E-state index in [0.29, 0.717) is 0 Å². The lowest BCUT2D eigenvalue weighted by Gasteiger charge is -2.11. The summed E-state index contributed by atoms with van der Waals surface area (Å²) in [7, 11) is 0. The summed E-state index contributed by atoms with van der Waals surface area (Å²) >= 11 is 21.3. The Bertz CT molecular complexity index is 516. The lowest BCUT2D eigenvalue weighted by molar-refractivity contribution is 1.23. The Morgan fingerprint density at radius 2 is 0.375 bits per heavy atom. The molecule has 0 N–H and O–H groups in total. The van der Waals surface area contributed by atoms with Gasteiger partial charge in [0.2, 0.25) is 0 Å². The van der Waals surface area contributed by atoms with Gasteiger partial charge in [0.05, 0.1) is 0 Å². The highest BCUT2D eigenvalue weighted by Crippen LogP contribution is 2.38. The van der Waals surface area contributed by atoms with Crippen LogP contribution in [0.15, 0.2) is 26.8 Å². The Kier molecular flexibility index (Phi) is 9.24. The summed E-state index contributed by atoms with van der Waals surface area (Å²) in [5, 5.41) is 0. The minimum Gasteiger partial charge on any atom is -0.0502 e. The highest BCUT2D eigenvalue weighted by molar-refractivity contribution is 9.12. The molecule has 0 saturated heterocycles. The van der Waals surface area contributed by atoms with Crippen LogP contribution in [0.4, 0.5) is 0 Å². The highest BCUT2D eigenvalue weighted by atomic mass is 79.9. The minimum absolute atomic E-state index is 1.17. The van der Waals surface area contributed by atoms with Crippen molar-refractivity contribution in [1.29, 1.82) is 0 Å². The molecule has 2 aromatic carbocycles. The van der Waals surface area contributed by atoms with E-state index in [-0.39, 0.29) is 0 Å². The van der Waals surface area contributed by atoms with Gasteiger partial charge in [-0.15, -0.1) is 0 Å². The summed E-state index contributed by atoms with van der Waals surface area (Å²) in [5.74, 6) is 0. The number of hydrogen-bond acceptors (Lipinski definition) is 0. The molecule has 0 aliphatic heterocycles. The van der Waals surface area contributed by atoms with Crippen molar-refractivity contribution in [3.05, 3.63) is 60.2 Å². The fourth-order valence-corrected chi connectivity index (χ4v) is 6.24. The molecule has 0 aliphatic rings. The normalized spacial score (nSPS) is 10.5. The van der Waals surface area contributed by atoms with Crippen LogP contribution in [0, 0.1) is 41.5 Å². The van der Waals surface area contributed by atoms with E-state index >= 15 is 0 Å². The molecule has 0 saturated carbocycles. The predicted molar refractivity (Wildman–Crippen MR) is 128 cm³/mol. The van der Waals surface area contributed by atoms with Gasteiger partial charge >= 0.3 is 0 Å². The molecule has 24 heavy (non-hydrogen) atoms. The SMILES string of the molecule is Cc1c(Br)c(C)c(Br)c(C)c1Br.Cc1c(Br)c(C)c(Br)c(C)c1Br. The van der Waals surface area contributed by atoms with Crippen LogP contribution in [0.1, 0.15) is 33.4 Å². The topological polar surface area (TPSA) is 0 Å². The van der Waals surface area contributed by atoms with Crippen LogP contribution in [0.3, 0.4) is 0 Å². The van der Waals surface area contributed by atoms with E-state index in [0.717, 1.165) is 0 Å². The first kappa shape index (κ1) is 23.4. The van der Waals surface area contributed by atoms with Crippen LogP contribution in [-0.2, 0) is 0 Å². The third kappa shape index (κ3) is 4.78. The largest absolute Gasteiger partial charge is 0.0502 e. The van der Waals surface area contributed by atoms with E-state index in [1.807, 2.05) is 0 Å². The molecule has 132 valence electrons. The van der Waals surface area contributed by atoms with Crippen LogP contribution in [0.2, 0.25) is 0 Å². The van der Waals surface area contributed by atoms with Gasteiger partial charge in [-0.3, -0.25) is 0 Å². The molecule has 0 heterocycles. The van der Waals surface area contributed by atoms with Crippen molar-refractivity contribution < 1.29 is 0 Å². The van der Waals surface area contributed by atoms with Gasteiger partial charge < -0.3 is 0 Å². The maximum atomic E-state index is 3.55. The summed E-state index contributed by atoms with van der Waals surface area (Å²) in [4.78, 5) is 0. The zero-order valence-electron chi connectivity index (χ0n) is 14.3. The van der Waals surface area contributed by atoms with Crippen LogP contribution in [-0.4, -0.2) is 0 Å². The molecule has 0 unspecified atom stereocenters. The number of rotatable bonds is 0. The van der Waals surface area contributed by atoms with E-state index in [2.05, 4.69) is 137 Å². The second kappa shape index (κ2) is 9.50. The van der Waals surface area contributed by atoms with E-state index in [1.165, 1.54) is 60.2 Å². The molecule has 2 aromatic rings. The Morgan fingerprint density at radius 1 is 0.292 bits per heavy atom. The monoisotopic (exact) mass is 708 g/mol. The summed E-state index contributed by atoms with van der Waals surface area (Å²) in [6, 6.07) is 0. The van der Waals surface area contributed by atoms with Gasteiger partial charge in [0, 0.05) is 26.8 Å². The molecule has 0 nitrogen and oxygen atoms in total. The zero-order chi connectivity index (χ0) is 18.9. The minimum atomic E-state index is 1.17. The van der Waals surface area contributed by atoms with Crippen LogP contribution in [0.5, 0.6) is 0 Å². The molecular formula is C18H18Br6. The van der Waals surface area contributed by atoms with Crippen molar-refractivity contribution in [3.63, 3.8) is 0 Å². The molecular weight excluding hydrogens is 696 g/mol. The molecule has 0 fully saturated rings. The first-order chi connectivity index (χ1) is 10.9. The quantitative estimate of drug-likeness (QED) is 0.255. The molecule has 0 aliphatic carbocycles. The number of hydrogen-bond donors (Lipinski definition) is 0. The Hall–Kier alpha value is 1.32. The van der Waals surface area contributed by atoms with Crippen molar-refractivity contribution in [2.45, 2.75) is 41.5 Å². The lowest BCUT2D eigenvalue weighted by atomic mass is 10.1. The molecule has 0 spiro atoms. The summed E-state index contributed by atoms with van der Waals surface area (Å²) in [5.41, 5.74) is 7.55. The fourth-order valence-electron chi connectivity index (χ4n) is 2.27. The van der Waals surface area contributed by atoms with E-state index in [1.54, 1.807) is 0 Å². The Labute approximate surface area is 195 Å². The number of halogens is 6. The van der Waals surface area contributed by atoms with Crippen LogP contribution >= 0.6 is 95.6 Å². The van der Waals surface area contributed by atoms with Gasteiger partial charge in [0.1, 0.15) is 0 Å². The highest BCUT2D eigenvalue weighted by Gasteiger charge is 2.12. The fraction of sp³-hybridized carbons (Fsp3) is 0.333. The van der Waals surface area contributed by atoms with E-state index in [4.69, 9.17) is 0 Å². The second-order valence-corrected chi connectivity index (χ2v) is 10.4. The molecule has 0 radical (unpaired) electrons. The molecule has 0 amide bonds. The standard InChI is InChI=1S/2C9H9Br3/c2*1-4-7(10)5(2)9(12)6(3)8(4)11/h2*1-3H3. The third-order valence-electron chi connectivity index (χ3n) is 3.95. The molecule has 2 rings (SSSR count). The summed E-state index contributed by atoms with van der Waals surface area (Å²) < 4.78 is 7.04. The predicted octanol–water partition coefficient (Wildman–Crippen LogP) is 9.80. The zero-order valence-corrected chi connectivity index (χ0v) is 23.8. The molecule has 0 bridgehead atoms. The average Bonchev–Trinajstić information content (AvgIpc) is 2.58. The second-order valence-electron chi connectivity index (χ2n) is 5.63. The van der Waals surface area contributed by atoms with Crippen molar-refractivity contribution in [3.8, 4) is 0 Å². The Morgan fingerprint density at radius 3 is 0.458 bits per heavy atom. The van der Waals surface area contributed by atoms with Gasteiger partial charge in [-0.1, -0.05) is 95.6 Å². The first-order valence-corrected chi connectivity index (χ1v) is 11.9. The van der Waals surface area contributed by atoms with Gasteiger partial charge in [0.25, 0.3) is 0 Å². The van der Waals surface area contributed by atoms with Crippen molar-refractivity contribution in [1.82, 2.24) is 0 Å². The molecule has 6 heteroatoms. The maximum absolute atomic E-state index is 3.55. The number of benzene rings is 2. The van der Waals surface area contributed by atoms with Crippen LogP contribution < -0.4 is 0 Å². The van der Waals surface area contributed by atoms with E-state index < -0.39 is 0 Å². The maximum Gasteiger partial charge on any atom is 0.0256 e. The summed E-state index contributed by atoms with van der Waals surface area (Å²) in [6.07, 6.45) is 0. The van der Waals surface area contributed by atoms with Crippen molar-refractivity contribution >= 4 is 95.6 Å².